The van der Waals surface area contributed by atoms with Gasteiger partial charge < -0.3 is 30.3 Å². The molecule has 2 amide bonds. The molecule has 3 aromatic carbocycles. The first-order valence-corrected chi connectivity index (χ1v) is 13.1. The molecule has 0 aliphatic carbocycles. The van der Waals surface area contributed by atoms with Gasteiger partial charge in [0, 0.05) is 12.1 Å². The first-order chi connectivity index (χ1) is 19.1. The topological polar surface area (TPSA) is 119 Å². The molecule has 0 atom stereocenters. The summed E-state index contributed by atoms with van der Waals surface area (Å²) in [4.78, 5) is 27.8. The van der Waals surface area contributed by atoms with Crippen LogP contribution in [-0.4, -0.2) is 56.1 Å². The normalized spacial score (nSPS) is 13.3. The summed E-state index contributed by atoms with van der Waals surface area (Å²) in [6.07, 6.45) is 2.43. The first-order valence-electron chi connectivity index (χ1n) is 13.1. The summed E-state index contributed by atoms with van der Waals surface area (Å²) in [5, 5.41) is 6.41. The lowest BCUT2D eigenvalue weighted by atomic mass is 10.2. The SMILES string of the molecule is Nc1ccccc1NC(=O)c1ccc(OCCNC(=O)c2oc3ccccc3c2OCCN2CCCC2)cc1. The minimum atomic E-state index is -0.363. The van der Waals surface area contributed by atoms with Crippen molar-refractivity contribution in [2.45, 2.75) is 12.8 Å². The van der Waals surface area contributed by atoms with Crippen molar-refractivity contribution in [2.75, 3.05) is 50.4 Å². The summed E-state index contributed by atoms with van der Waals surface area (Å²) in [7, 11) is 0. The molecule has 2 heterocycles. The van der Waals surface area contributed by atoms with E-state index >= 15 is 0 Å². The fraction of sp³-hybridized carbons (Fsp3) is 0.267. The predicted molar refractivity (Wildman–Crippen MR) is 150 cm³/mol. The van der Waals surface area contributed by atoms with Crippen molar-refractivity contribution in [1.29, 1.82) is 0 Å². The third kappa shape index (κ3) is 6.50. The Bertz CT molecular complexity index is 1430. The van der Waals surface area contributed by atoms with Crippen molar-refractivity contribution >= 4 is 34.2 Å². The van der Waals surface area contributed by atoms with Gasteiger partial charge >= 0.3 is 0 Å². The molecule has 5 rings (SSSR count). The number of rotatable bonds is 11. The number of carbonyl (C=O) groups is 2. The molecule has 4 N–H and O–H groups in total. The summed E-state index contributed by atoms with van der Waals surface area (Å²) in [5.74, 6) is 0.574. The highest BCUT2D eigenvalue weighted by molar-refractivity contribution is 6.05. The van der Waals surface area contributed by atoms with Gasteiger partial charge in [0.05, 0.1) is 23.3 Å². The molecule has 0 bridgehead atoms. The molecule has 0 radical (unpaired) electrons. The zero-order valence-electron chi connectivity index (χ0n) is 21.7. The van der Waals surface area contributed by atoms with Crippen LogP contribution >= 0.6 is 0 Å². The van der Waals surface area contributed by atoms with E-state index in [2.05, 4.69) is 15.5 Å². The quantitative estimate of drug-likeness (QED) is 0.193. The van der Waals surface area contributed by atoms with E-state index in [1.165, 1.54) is 12.8 Å². The van der Waals surface area contributed by atoms with E-state index in [-0.39, 0.29) is 30.7 Å². The molecule has 0 saturated carbocycles. The largest absolute Gasteiger partial charge is 0.492 e. The number of hydrogen-bond acceptors (Lipinski definition) is 7. The number of fused-ring (bicyclic) bond motifs is 1. The summed E-state index contributed by atoms with van der Waals surface area (Å²) in [5.41, 5.74) is 8.02. The Morgan fingerprint density at radius 1 is 0.872 bits per heavy atom. The van der Waals surface area contributed by atoms with Gasteiger partial charge in [-0.15, -0.1) is 0 Å². The lowest BCUT2D eigenvalue weighted by molar-refractivity contribution is 0.0914. The van der Waals surface area contributed by atoms with Gasteiger partial charge in [0.1, 0.15) is 24.5 Å². The number of ether oxygens (including phenoxy) is 2. The van der Waals surface area contributed by atoms with Crippen LogP contribution in [0.2, 0.25) is 0 Å². The number of amides is 2. The van der Waals surface area contributed by atoms with Crippen molar-refractivity contribution in [3.05, 3.63) is 84.1 Å². The van der Waals surface area contributed by atoms with Gasteiger partial charge in [-0.25, -0.2) is 0 Å². The van der Waals surface area contributed by atoms with Gasteiger partial charge in [0.15, 0.2) is 5.75 Å². The minimum absolute atomic E-state index is 0.159. The second kappa shape index (κ2) is 12.4. The molecule has 1 aliphatic heterocycles. The molecule has 0 unspecified atom stereocenters. The second-order valence-electron chi connectivity index (χ2n) is 9.32. The number of nitrogen functional groups attached to an aromatic ring is 1. The van der Waals surface area contributed by atoms with E-state index in [0.29, 0.717) is 40.6 Å². The summed E-state index contributed by atoms with van der Waals surface area (Å²) < 4.78 is 17.6. The fourth-order valence-electron chi connectivity index (χ4n) is 4.52. The number of anilines is 2. The summed E-state index contributed by atoms with van der Waals surface area (Å²) in [6, 6.07) is 21.3. The monoisotopic (exact) mass is 528 g/mol. The Balaban J connectivity index is 1.12. The van der Waals surface area contributed by atoms with Crippen LogP contribution in [0.4, 0.5) is 11.4 Å². The maximum absolute atomic E-state index is 13.0. The number of benzene rings is 3. The molecule has 1 aliphatic rings. The number of hydrogen-bond donors (Lipinski definition) is 3. The molecule has 1 saturated heterocycles. The lowest BCUT2D eigenvalue weighted by Gasteiger charge is -2.15. The number of nitrogens with zero attached hydrogens (tertiary/aromatic N) is 1. The Morgan fingerprint density at radius 3 is 2.41 bits per heavy atom. The van der Waals surface area contributed by atoms with Crippen molar-refractivity contribution in [3.63, 3.8) is 0 Å². The maximum Gasteiger partial charge on any atom is 0.291 e. The molecule has 9 nitrogen and oxygen atoms in total. The number of carbonyl (C=O) groups excluding carboxylic acids is 2. The third-order valence-electron chi connectivity index (χ3n) is 6.59. The standard InChI is InChI=1S/C30H32N4O5/c31-24-8-2-3-9-25(24)33-29(35)21-11-13-22(14-12-21)37-19-15-32-30(36)28-27(23-7-1-4-10-26(23)39-28)38-20-18-34-16-5-6-17-34/h1-4,7-14H,5-6,15-20,31H2,(H,32,36)(H,33,35). The Labute approximate surface area is 226 Å². The molecular formula is C30H32N4O5. The average molecular weight is 529 g/mol. The van der Waals surface area contributed by atoms with Crippen LogP contribution in [0.15, 0.2) is 77.2 Å². The van der Waals surface area contributed by atoms with Crippen LogP contribution in [0.5, 0.6) is 11.5 Å². The molecule has 1 fully saturated rings. The number of furan rings is 1. The number of para-hydroxylation sites is 3. The van der Waals surface area contributed by atoms with E-state index < -0.39 is 0 Å². The molecule has 9 heteroatoms. The van der Waals surface area contributed by atoms with Crippen LogP contribution in [0.3, 0.4) is 0 Å². The lowest BCUT2D eigenvalue weighted by Crippen LogP contribution is -2.29. The zero-order valence-corrected chi connectivity index (χ0v) is 21.7. The average Bonchev–Trinajstić information content (AvgIpc) is 3.61. The molecule has 1 aromatic heterocycles. The molecule has 39 heavy (non-hydrogen) atoms. The zero-order chi connectivity index (χ0) is 27.0. The fourth-order valence-corrected chi connectivity index (χ4v) is 4.52. The van der Waals surface area contributed by atoms with Crippen molar-refractivity contribution in [3.8, 4) is 11.5 Å². The van der Waals surface area contributed by atoms with E-state index in [0.717, 1.165) is 25.0 Å². The van der Waals surface area contributed by atoms with Gasteiger partial charge in [-0.1, -0.05) is 24.3 Å². The van der Waals surface area contributed by atoms with Crippen molar-refractivity contribution in [2.24, 2.45) is 0 Å². The predicted octanol–water partition coefficient (Wildman–Crippen LogP) is 4.55. The third-order valence-corrected chi connectivity index (χ3v) is 6.59. The van der Waals surface area contributed by atoms with E-state index in [1.54, 1.807) is 48.5 Å². The highest BCUT2D eigenvalue weighted by Gasteiger charge is 2.22. The minimum Gasteiger partial charge on any atom is -0.492 e. The van der Waals surface area contributed by atoms with Crippen LogP contribution in [0.25, 0.3) is 11.0 Å². The van der Waals surface area contributed by atoms with Gasteiger partial charge in [0.25, 0.3) is 11.8 Å². The molecule has 0 spiro atoms. The molecule has 4 aromatic rings. The Morgan fingerprint density at radius 2 is 1.62 bits per heavy atom. The highest BCUT2D eigenvalue weighted by atomic mass is 16.5. The van der Waals surface area contributed by atoms with Crippen molar-refractivity contribution < 1.29 is 23.5 Å². The second-order valence-corrected chi connectivity index (χ2v) is 9.32. The van der Waals surface area contributed by atoms with E-state index in [1.807, 2.05) is 24.3 Å². The summed E-state index contributed by atoms with van der Waals surface area (Å²) in [6.45, 7) is 3.97. The van der Waals surface area contributed by atoms with E-state index in [9.17, 15) is 9.59 Å². The van der Waals surface area contributed by atoms with Crippen LogP contribution in [0, 0.1) is 0 Å². The summed E-state index contributed by atoms with van der Waals surface area (Å²) >= 11 is 0. The van der Waals surface area contributed by atoms with Gasteiger partial charge in [-0.2, -0.15) is 0 Å². The van der Waals surface area contributed by atoms with Gasteiger partial charge in [-0.3, -0.25) is 14.5 Å². The molecular weight excluding hydrogens is 496 g/mol. The van der Waals surface area contributed by atoms with Crippen LogP contribution in [-0.2, 0) is 0 Å². The Hall–Kier alpha value is -4.50. The van der Waals surface area contributed by atoms with E-state index in [4.69, 9.17) is 19.6 Å². The van der Waals surface area contributed by atoms with Gasteiger partial charge in [0.2, 0.25) is 5.76 Å². The highest BCUT2D eigenvalue weighted by Crippen LogP contribution is 2.33. The van der Waals surface area contributed by atoms with Crippen molar-refractivity contribution in [1.82, 2.24) is 10.2 Å². The number of nitrogens with two attached hydrogens (primary N) is 1. The Kier molecular flexibility index (Phi) is 8.28. The maximum atomic E-state index is 13.0. The number of likely N-dealkylation sites (tertiary alicyclic amines) is 1. The molecule has 202 valence electrons. The first kappa shape index (κ1) is 26.1. The van der Waals surface area contributed by atoms with Crippen LogP contribution in [0.1, 0.15) is 33.8 Å². The number of nitrogens with one attached hydrogen (secondary N) is 2. The smallest absolute Gasteiger partial charge is 0.291 e. The van der Waals surface area contributed by atoms with Crippen LogP contribution < -0.4 is 25.8 Å². The van der Waals surface area contributed by atoms with Gasteiger partial charge in [-0.05, 0) is 74.5 Å².